The Balaban J connectivity index is 1.28. The highest BCUT2D eigenvalue weighted by Gasteiger charge is 2.25. The molecule has 1 atom stereocenters. The maximum atomic E-state index is 12.6. The lowest BCUT2D eigenvalue weighted by Crippen LogP contribution is -2.41. The largest absolute Gasteiger partial charge is 0.493 e. The second-order valence-electron chi connectivity index (χ2n) is 8.39. The molecule has 6 nitrogen and oxygen atoms in total. The Hall–Kier alpha value is -2.64. The van der Waals surface area contributed by atoms with Crippen molar-refractivity contribution in [3.63, 3.8) is 0 Å². The summed E-state index contributed by atoms with van der Waals surface area (Å²) in [5.41, 5.74) is 2.43. The van der Waals surface area contributed by atoms with Crippen LogP contribution in [0.25, 0.3) is 0 Å². The average Bonchev–Trinajstić information content (AvgIpc) is 3.44. The Morgan fingerprint density at radius 1 is 1.26 bits per heavy atom. The number of rotatable bonds is 8. The molecule has 2 aromatic heterocycles. The van der Waals surface area contributed by atoms with Gasteiger partial charge in [0.1, 0.15) is 5.75 Å². The number of hydrogen-bond donors (Lipinski definition) is 0. The van der Waals surface area contributed by atoms with E-state index in [1.54, 1.807) is 0 Å². The Labute approximate surface area is 188 Å². The molecule has 0 N–H and O–H groups in total. The van der Waals surface area contributed by atoms with Crippen molar-refractivity contribution in [2.45, 2.75) is 25.9 Å². The fourth-order valence-electron chi connectivity index (χ4n) is 4.12. The highest BCUT2D eigenvalue weighted by atomic mass is 32.1. The molecule has 4 rings (SSSR count). The summed E-state index contributed by atoms with van der Waals surface area (Å²) in [6, 6.07) is 12.2. The van der Waals surface area contributed by atoms with E-state index in [4.69, 9.17) is 4.74 Å². The number of hydrogen-bond acceptors (Lipinski definition) is 5. The van der Waals surface area contributed by atoms with Gasteiger partial charge < -0.3 is 9.64 Å². The predicted octanol–water partition coefficient (Wildman–Crippen LogP) is 4.04. The summed E-state index contributed by atoms with van der Waals surface area (Å²) in [4.78, 5) is 17.7. The standard InChI is InChI=1S/C24H30N4O2S/c1-26(15-21-13-25-27(2)16-21)14-19-6-3-8-22(12-19)30-18-20-7-4-10-28(17-20)24(29)23-9-5-11-31-23/h3,5-6,8-9,11-13,16,20H,4,7,10,14-15,17-18H2,1-2H3. The van der Waals surface area contributed by atoms with Crippen LogP contribution in [0.4, 0.5) is 0 Å². The molecule has 7 heteroatoms. The average molecular weight is 439 g/mol. The third kappa shape index (κ3) is 5.95. The number of nitrogens with zero attached hydrogens (tertiary/aromatic N) is 4. The van der Waals surface area contributed by atoms with Crippen molar-refractivity contribution in [3.8, 4) is 5.75 Å². The first-order valence-corrected chi connectivity index (χ1v) is 11.7. The molecule has 1 unspecified atom stereocenters. The fourth-order valence-corrected chi connectivity index (χ4v) is 4.81. The zero-order valence-electron chi connectivity index (χ0n) is 18.2. The van der Waals surface area contributed by atoms with Crippen molar-refractivity contribution in [2.75, 3.05) is 26.7 Å². The van der Waals surface area contributed by atoms with Gasteiger partial charge in [0.05, 0.1) is 17.7 Å². The lowest BCUT2D eigenvalue weighted by atomic mass is 9.99. The van der Waals surface area contributed by atoms with Gasteiger partial charge in [0.2, 0.25) is 0 Å². The van der Waals surface area contributed by atoms with Crippen molar-refractivity contribution in [2.24, 2.45) is 13.0 Å². The molecule has 1 fully saturated rings. The van der Waals surface area contributed by atoms with Gasteiger partial charge in [0, 0.05) is 50.9 Å². The zero-order valence-corrected chi connectivity index (χ0v) is 19.1. The van der Waals surface area contributed by atoms with Gasteiger partial charge in [-0.15, -0.1) is 11.3 Å². The van der Waals surface area contributed by atoms with Crippen LogP contribution < -0.4 is 4.74 Å². The van der Waals surface area contributed by atoms with Crippen LogP contribution in [0.5, 0.6) is 5.75 Å². The summed E-state index contributed by atoms with van der Waals surface area (Å²) in [5, 5.41) is 6.19. The van der Waals surface area contributed by atoms with Crippen LogP contribution >= 0.6 is 11.3 Å². The van der Waals surface area contributed by atoms with Crippen molar-refractivity contribution in [1.82, 2.24) is 19.6 Å². The Morgan fingerprint density at radius 3 is 2.90 bits per heavy atom. The minimum atomic E-state index is 0.151. The van der Waals surface area contributed by atoms with Crippen LogP contribution in [0, 0.1) is 5.92 Å². The molecule has 0 bridgehead atoms. The number of thiophene rings is 1. The van der Waals surface area contributed by atoms with Gasteiger partial charge in [-0.25, -0.2) is 0 Å². The van der Waals surface area contributed by atoms with Crippen molar-refractivity contribution < 1.29 is 9.53 Å². The van der Waals surface area contributed by atoms with E-state index in [0.717, 1.165) is 49.6 Å². The predicted molar refractivity (Wildman–Crippen MR) is 123 cm³/mol. The summed E-state index contributed by atoms with van der Waals surface area (Å²) in [5.74, 6) is 1.42. The summed E-state index contributed by atoms with van der Waals surface area (Å²) < 4.78 is 7.97. The second-order valence-corrected chi connectivity index (χ2v) is 9.34. The van der Waals surface area contributed by atoms with E-state index in [0.29, 0.717) is 12.5 Å². The number of piperidine rings is 1. The molecular weight excluding hydrogens is 408 g/mol. The van der Waals surface area contributed by atoms with Gasteiger partial charge >= 0.3 is 0 Å². The Kier molecular flexibility index (Phi) is 7.04. The number of carbonyl (C=O) groups is 1. The molecule has 0 saturated carbocycles. The number of amides is 1. The highest BCUT2D eigenvalue weighted by Crippen LogP contribution is 2.22. The molecular formula is C24H30N4O2S. The molecule has 0 aliphatic carbocycles. The number of ether oxygens (including phenoxy) is 1. The van der Waals surface area contributed by atoms with Crippen LogP contribution in [0.15, 0.2) is 54.2 Å². The number of benzene rings is 1. The minimum absolute atomic E-state index is 0.151. The van der Waals surface area contributed by atoms with E-state index >= 15 is 0 Å². The van der Waals surface area contributed by atoms with Crippen LogP contribution in [0.2, 0.25) is 0 Å². The molecule has 1 amide bonds. The molecule has 1 aliphatic rings. The summed E-state index contributed by atoms with van der Waals surface area (Å²) in [6.45, 7) is 3.95. The van der Waals surface area contributed by atoms with Gasteiger partial charge in [0.15, 0.2) is 0 Å². The van der Waals surface area contributed by atoms with Gasteiger partial charge in [-0.1, -0.05) is 18.2 Å². The van der Waals surface area contributed by atoms with E-state index < -0.39 is 0 Å². The van der Waals surface area contributed by atoms with E-state index in [1.165, 1.54) is 22.5 Å². The number of aryl methyl sites for hydroxylation is 1. The van der Waals surface area contributed by atoms with Gasteiger partial charge in [-0.2, -0.15) is 5.10 Å². The molecule has 164 valence electrons. The van der Waals surface area contributed by atoms with Crippen LogP contribution in [0.3, 0.4) is 0 Å². The van der Waals surface area contributed by atoms with Crippen molar-refractivity contribution >= 4 is 17.2 Å². The molecule has 31 heavy (non-hydrogen) atoms. The number of carbonyl (C=O) groups excluding carboxylic acids is 1. The molecule has 0 radical (unpaired) electrons. The monoisotopic (exact) mass is 438 g/mol. The summed E-state index contributed by atoms with van der Waals surface area (Å²) >= 11 is 1.51. The topological polar surface area (TPSA) is 50.6 Å². The SMILES string of the molecule is CN(Cc1cccc(OCC2CCCN(C(=O)c3cccs3)C2)c1)Cc1cnn(C)c1. The quantitative estimate of drug-likeness (QED) is 0.533. The smallest absolute Gasteiger partial charge is 0.263 e. The van der Waals surface area contributed by atoms with E-state index in [1.807, 2.05) is 52.6 Å². The summed E-state index contributed by atoms with van der Waals surface area (Å²) in [6.07, 6.45) is 6.09. The van der Waals surface area contributed by atoms with Crippen LogP contribution in [0.1, 0.15) is 33.6 Å². The first-order chi connectivity index (χ1) is 15.1. The van der Waals surface area contributed by atoms with Crippen LogP contribution in [-0.4, -0.2) is 52.2 Å². The number of aromatic nitrogens is 2. The lowest BCUT2D eigenvalue weighted by Gasteiger charge is -2.32. The van der Waals surface area contributed by atoms with Crippen molar-refractivity contribution in [1.29, 1.82) is 0 Å². The Bertz CT molecular complexity index is 985. The Morgan fingerprint density at radius 2 is 2.13 bits per heavy atom. The third-order valence-corrected chi connectivity index (χ3v) is 6.44. The molecule has 3 aromatic rings. The van der Waals surface area contributed by atoms with E-state index in [9.17, 15) is 4.79 Å². The zero-order chi connectivity index (χ0) is 21.6. The maximum Gasteiger partial charge on any atom is 0.263 e. The summed E-state index contributed by atoms with van der Waals surface area (Å²) in [7, 11) is 4.05. The molecule has 3 heterocycles. The maximum absolute atomic E-state index is 12.6. The molecule has 0 spiro atoms. The first kappa shape index (κ1) is 21.6. The normalized spacial score (nSPS) is 16.6. The van der Waals surface area contributed by atoms with Gasteiger partial charge in [-0.3, -0.25) is 14.4 Å². The highest BCUT2D eigenvalue weighted by molar-refractivity contribution is 7.12. The van der Waals surface area contributed by atoms with Gasteiger partial charge in [0.25, 0.3) is 5.91 Å². The number of likely N-dealkylation sites (tertiary alicyclic amines) is 1. The molecule has 1 aliphatic heterocycles. The lowest BCUT2D eigenvalue weighted by molar-refractivity contribution is 0.0638. The molecule has 1 saturated heterocycles. The fraction of sp³-hybridized carbons (Fsp3) is 0.417. The van der Waals surface area contributed by atoms with E-state index in [2.05, 4.69) is 35.2 Å². The minimum Gasteiger partial charge on any atom is -0.493 e. The molecule has 1 aromatic carbocycles. The third-order valence-electron chi connectivity index (χ3n) is 5.59. The first-order valence-electron chi connectivity index (χ1n) is 10.8. The second kappa shape index (κ2) is 10.1. The van der Waals surface area contributed by atoms with Crippen molar-refractivity contribution in [3.05, 3.63) is 70.2 Å². The van der Waals surface area contributed by atoms with E-state index in [-0.39, 0.29) is 5.91 Å². The van der Waals surface area contributed by atoms with Gasteiger partial charge in [-0.05, 0) is 49.0 Å². The van der Waals surface area contributed by atoms with Crippen LogP contribution in [-0.2, 0) is 20.1 Å².